The van der Waals surface area contributed by atoms with Gasteiger partial charge in [-0.15, -0.1) is 12.4 Å². The first-order valence-corrected chi connectivity index (χ1v) is 13.9. The fourth-order valence-electron chi connectivity index (χ4n) is 4.57. The normalized spacial score (nSPS) is 14.9. The molecule has 0 spiro atoms. The third kappa shape index (κ3) is 13.7. The van der Waals surface area contributed by atoms with E-state index < -0.39 is 48.2 Å². The number of ether oxygens (including phenoxy) is 3. The molecule has 5 atom stereocenters. The van der Waals surface area contributed by atoms with E-state index in [1.54, 1.807) is 14.2 Å². The second-order valence-electron chi connectivity index (χ2n) is 11.1. The van der Waals surface area contributed by atoms with E-state index >= 15 is 0 Å². The zero-order valence-corrected chi connectivity index (χ0v) is 26.1. The minimum atomic E-state index is -1.21. The van der Waals surface area contributed by atoms with Crippen LogP contribution in [0.25, 0.3) is 0 Å². The number of aliphatic hydroxyl groups is 1. The highest BCUT2D eigenvalue weighted by atomic mass is 35.5. The predicted molar refractivity (Wildman–Crippen MR) is 161 cm³/mol. The van der Waals surface area contributed by atoms with Crippen LogP contribution in [0.4, 0.5) is 0 Å². The third-order valence-electron chi connectivity index (χ3n) is 7.19. The Balaban J connectivity index is 0.0000160. The van der Waals surface area contributed by atoms with Gasteiger partial charge in [-0.05, 0) is 54.7 Å². The predicted octanol–water partition coefficient (Wildman–Crippen LogP) is 1.93. The van der Waals surface area contributed by atoms with Crippen LogP contribution in [-0.2, 0) is 25.5 Å². The lowest BCUT2D eigenvalue weighted by atomic mass is 9.80. The molecule has 236 valence electrons. The number of carbonyl (C=O) groups excluding carboxylic acids is 3. The topological polar surface area (TPSA) is 189 Å². The molecule has 1 rings (SSSR count). The highest BCUT2D eigenvalue weighted by Crippen LogP contribution is 2.31. The van der Waals surface area contributed by atoms with E-state index in [0.29, 0.717) is 31.1 Å². The van der Waals surface area contributed by atoms with Gasteiger partial charge in [-0.1, -0.05) is 33.8 Å². The standard InChI is InChI=1S/C29H50N4O7.ClH/c1-17(2)20(12-19-8-9-25(39-6)26(13-19)40-11-7-10-38-5)14-22(30)24(34)15-21(18(3)4)29(37)33-23(28(32)36)16-27(31)35;/h8-9,13,17-18,20-24,34H,7,10-12,14-16,30H2,1-6H3,(H2,31,35)(H2,32,36)(H,33,37);1H/t20-,21-,22-,23-,24-;/m0./s1. The number of methoxy groups -OCH3 is 2. The molecular weight excluding hydrogens is 552 g/mol. The number of amides is 3. The maximum atomic E-state index is 13.0. The Morgan fingerprint density at radius 3 is 2.15 bits per heavy atom. The fourth-order valence-corrected chi connectivity index (χ4v) is 4.57. The molecule has 3 amide bonds. The molecule has 0 fully saturated rings. The molecule has 8 N–H and O–H groups in total. The van der Waals surface area contributed by atoms with Crippen molar-refractivity contribution in [2.75, 3.05) is 27.4 Å². The van der Waals surface area contributed by atoms with Crippen LogP contribution in [-0.4, -0.2) is 68.4 Å². The van der Waals surface area contributed by atoms with Crippen LogP contribution in [0.3, 0.4) is 0 Å². The first kappa shape index (κ1) is 38.4. The highest BCUT2D eigenvalue weighted by Gasteiger charge is 2.32. The number of primary amides is 2. The van der Waals surface area contributed by atoms with E-state index in [0.717, 1.165) is 18.4 Å². The van der Waals surface area contributed by atoms with Crippen molar-refractivity contribution in [2.45, 2.75) is 78.0 Å². The fraction of sp³-hybridized carbons (Fsp3) is 0.690. The van der Waals surface area contributed by atoms with Gasteiger partial charge in [0.2, 0.25) is 17.7 Å². The van der Waals surface area contributed by atoms with Crippen LogP contribution < -0.4 is 32.0 Å². The van der Waals surface area contributed by atoms with E-state index in [1.807, 2.05) is 32.0 Å². The van der Waals surface area contributed by atoms with Crippen LogP contribution in [0.2, 0.25) is 0 Å². The van der Waals surface area contributed by atoms with Gasteiger partial charge in [0.25, 0.3) is 0 Å². The van der Waals surface area contributed by atoms with Crippen molar-refractivity contribution in [3.05, 3.63) is 23.8 Å². The van der Waals surface area contributed by atoms with Crippen molar-refractivity contribution in [1.29, 1.82) is 0 Å². The molecule has 41 heavy (non-hydrogen) atoms. The molecule has 0 saturated heterocycles. The smallest absolute Gasteiger partial charge is 0.240 e. The second kappa shape index (κ2) is 19.5. The molecular formula is C29H51ClN4O7. The zero-order chi connectivity index (χ0) is 30.4. The summed E-state index contributed by atoms with van der Waals surface area (Å²) in [5, 5.41) is 13.5. The van der Waals surface area contributed by atoms with E-state index in [-0.39, 0.29) is 36.6 Å². The Hall–Kier alpha value is -2.60. The summed E-state index contributed by atoms with van der Waals surface area (Å²) in [6.07, 6.45) is 0.757. The number of rotatable bonds is 20. The molecule has 0 radical (unpaired) electrons. The Morgan fingerprint density at radius 1 is 0.976 bits per heavy atom. The molecule has 0 saturated carbocycles. The van der Waals surface area contributed by atoms with Gasteiger partial charge in [0, 0.05) is 32.1 Å². The quantitative estimate of drug-likeness (QED) is 0.140. The molecule has 0 aliphatic carbocycles. The van der Waals surface area contributed by atoms with Crippen LogP contribution in [0.15, 0.2) is 18.2 Å². The van der Waals surface area contributed by atoms with Gasteiger partial charge in [0.05, 0.1) is 26.2 Å². The minimum absolute atomic E-state index is 0. The molecule has 0 bridgehead atoms. The number of benzene rings is 1. The van der Waals surface area contributed by atoms with Crippen molar-refractivity contribution >= 4 is 30.1 Å². The maximum Gasteiger partial charge on any atom is 0.240 e. The Bertz CT molecular complexity index is 948. The second-order valence-corrected chi connectivity index (χ2v) is 11.1. The van der Waals surface area contributed by atoms with Gasteiger partial charge in [-0.3, -0.25) is 14.4 Å². The zero-order valence-electron chi connectivity index (χ0n) is 25.3. The van der Waals surface area contributed by atoms with Crippen LogP contribution >= 0.6 is 12.4 Å². The minimum Gasteiger partial charge on any atom is -0.493 e. The van der Waals surface area contributed by atoms with Crippen molar-refractivity contribution in [2.24, 2.45) is 40.9 Å². The third-order valence-corrected chi connectivity index (χ3v) is 7.19. The molecule has 1 aromatic carbocycles. The molecule has 12 heteroatoms. The molecule has 0 aromatic heterocycles. The van der Waals surface area contributed by atoms with E-state index in [9.17, 15) is 19.5 Å². The lowest BCUT2D eigenvalue weighted by molar-refractivity contribution is -0.133. The van der Waals surface area contributed by atoms with Gasteiger partial charge in [-0.2, -0.15) is 0 Å². The molecule has 0 unspecified atom stereocenters. The van der Waals surface area contributed by atoms with Crippen molar-refractivity contribution in [1.82, 2.24) is 5.32 Å². The number of carbonyl (C=O) groups is 3. The molecule has 1 aromatic rings. The Labute approximate surface area is 250 Å². The number of hydrogen-bond acceptors (Lipinski definition) is 8. The van der Waals surface area contributed by atoms with Crippen LogP contribution in [0.1, 0.15) is 58.9 Å². The summed E-state index contributed by atoms with van der Waals surface area (Å²) in [5.41, 5.74) is 18.0. The van der Waals surface area contributed by atoms with E-state index in [4.69, 9.17) is 31.4 Å². The van der Waals surface area contributed by atoms with Crippen LogP contribution in [0.5, 0.6) is 11.5 Å². The lowest BCUT2D eigenvalue weighted by Crippen LogP contribution is -2.50. The lowest BCUT2D eigenvalue weighted by Gasteiger charge is -2.30. The first-order valence-electron chi connectivity index (χ1n) is 13.9. The summed E-state index contributed by atoms with van der Waals surface area (Å²) in [4.78, 5) is 35.9. The van der Waals surface area contributed by atoms with Gasteiger partial charge in [0.15, 0.2) is 11.5 Å². The van der Waals surface area contributed by atoms with Gasteiger partial charge in [-0.25, -0.2) is 0 Å². The largest absolute Gasteiger partial charge is 0.493 e. The molecule has 11 nitrogen and oxygen atoms in total. The van der Waals surface area contributed by atoms with Crippen molar-refractivity contribution < 1.29 is 33.7 Å². The number of aliphatic hydroxyl groups excluding tert-OH is 1. The van der Waals surface area contributed by atoms with Gasteiger partial charge in [0.1, 0.15) is 6.04 Å². The summed E-state index contributed by atoms with van der Waals surface area (Å²) >= 11 is 0. The number of halogens is 1. The molecule has 0 aliphatic rings. The molecule has 0 aliphatic heterocycles. The van der Waals surface area contributed by atoms with Gasteiger partial charge >= 0.3 is 0 Å². The van der Waals surface area contributed by atoms with E-state index in [2.05, 4.69) is 19.2 Å². The number of hydrogen-bond donors (Lipinski definition) is 5. The monoisotopic (exact) mass is 602 g/mol. The summed E-state index contributed by atoms with van der Waals surface area (Å²) in [6, 6.07) is 4.07. The van der Waals surface area contributed by atoms with Crippen molar-refractivity contribution in [3.63, 3.8) is 0 Å². The van der Waals surface area contributed by atoms with E-state index in [1.165, 1.54) is 0 Å². The average Bonchev–Trinajstić information content (AvgIpc) is 2.88. The average molecular weight is 603 g/mol. The number of nitrogens with one attached hydrogen (secondary N) is 1. The summed E-state index contributed by atoms with van der Waals surface area (Å²) in [6.45, 7) is 9.02. The van der Waals surface area contributed by atoms with Crippen LogP contribution in [0, 0.1) is 23.7 Å². The highest BCUT2D eigenvalue weighted by molar-refractivity contribution is 5.91. The van der Waals surface area contributed by atoms with Gasteiger partial charge < -0.3 is 41.8 Å². The Morgan fingerprint density at radius 2 is 1.63 bits per heavy atom. The first-order chi connectivity index (χ1) is 18.8. The van der Waals surface area contributed by atoms with Crippen molar-refractivity contribution in [3.8, 4) is 11.5 Å². The molecule has 0 heterocycles. The maximum absolute atomic E-state index is 13.0. The summed E-state index contributed by atoms with van der Waals surface area (Å²) in [5.74, 6) is -1.15. The number of nitrogens with two attached hydrogens (primary N) is 3. The summed E-state index contributed by atoms with van der Waals surface area (Å²) in [7, 11) is 3.25. The summed E-state index contributed by atoms with van der Waals surface area (Å²) < 4.78 is 16.5. The Kier molecular flexibility index (Phi) is 18.3. The SMILES string of the molecule is COCCCOc1cc(C[C@@H](C[C@H](N)[C@@H](O)C[C@H](C(=O)N[C@@H](CC(N)=O)C(N)=O)C(C)C)C(C)C)ccc1OC.Cl.